The highest BCUT2D eigenvalue weighted by molar-refractivity contribution is 6.22. The van der Waals surface area contributed by atoms with Gasteiger partial charge in [0, 0.05) is 5.56 Å². The lowest BCUT2D eigenvalue weighted by Crippen LogP contribution is -2.32. The predicted octanol–water partition coefficient (Wildman–Crippen LogP) is 3.49. The molecule has 154 valence electrons. The summed E-state index contributed by atoms with van der Waals surface area (Å²) >= 11 is 0. The second-order valence-electron chi connectivity index (χ2n) is 8.33. The number of carbonyl (C=O) groups excluding carboxylic acids is 3. The first-order valence-corrected chi connectivity index (χ1v) is 10.3. The quantitative estimate of drug-likeness (QED) is 0.543. The number of ketones is 1. The molecule has 1 heterocycles. The smallest absolute Gasteiger partial charge is 0.237 e. The largest absolute Gasteiger partial charge is 0.497 e. The average Bonchev–Trinajstić information content (AvgIpc) is 3.46. The summed E-state index contributed by atoms with van der Waals surface area (Å²) in [7, 11) is 1.55. The number of hydrogen-bond donors (Lipinski definition) is 0. The van der Waals surface area contributed by atoms with Crippen LogP contribution in [-0.2, 0) is 9.59 Å². The fraction of sp³-hybridized carbons (Fsp3) is 0.375. The van der Waals surface area contributed by atoms with E-state index in [4.69, 9.17) is 9.47 Å². The van der Waals surface area contributed by atoms with Crippen LogP contribution in [0.25, 0.3) is 0 Å². The number of anilines is 1. The number of benzene rings is 2. The highest BCUT2D eigenvalue weighted by Crippen LogP contribution is 2.56. The number of carbonyl (C=O) groups is 3. The zero-order valence-electron chi connectivity index (χ0n) is 16.7. The molecule has 6 nitrogen and oxygen atoms in total. The van der Waals surface area contributed by atoms with Gasteiger partial charge in [0.1, 0.15) is 11.5 Å². The van der Waals surface area contributed by atoms with Gasteiger partial charge in [0.05, 0.1) is 24.6 Å². The lowest BCUT2D eigenvalue weighted by Gasteiger charge is -2.19. The second kappa shape index (κ2) is 7.27. The number of fused-ring (bicyclic) bond motifs is 5. The Morgan fingerprint density at radius 3 is 2.27 bits per heavy atom. The van der Waals surface area contributed by atoms with E-state index in [0.717, 1.165) is 19.3 Å². The van der Waals surface area contributed by atoms with Crippen LogP contribution >= 0.6 is 0 Å². The van der Waals surface area contributed by atoms with Crippen molar-refractivity contribution in [3.63, 3.8) is 0 Å². The Morgan fingerprint density at radius 2 is 1.63 bits per heavy atom. The molecule has 3 fully saturated rings. The fourth-order valence-corrected chi connectivity index (χ4v) is 5.38. The van der Waals surface area contributed by atoms with Gasteiger partial charge in [-0.25, -0.2) is 0 Å². The van der Waals surface area contributed by atoms with Crippen LogP contribution in [0.1, 0.15) is 29.6 Å². The molecule has 30 heavy (non-hydrogen) atoms. The van der Waals surface area contributed by atoms with E-state index in [-0.39, 0.29) is 36.0 Å². The molecule has 2 amide bonds. The summed E-state index contributed by atoms with van der Waals surface area (Å²) in [4.78, 5) is 39.5. The molecule has 1 saturated heterocycles. The Kier molecular flexibility index (Phi) is 4.57. The van der Waals surface area contributed by atoms with Crippen molar-refractivity contribution < 1.29 is 23.9 Å². The fourth-order valence-electron chi connectivity index (χ4n) is 5.38. The van der Waals surface area contributed by atoms with Crippen molar-refractivity contribution in [1.29, 1.82) is 0 Å². The first kappa shape index (κ1) is 18.9. The van der Waals surface area contributed by atoms with Gasteiger partial charge in [0.2, 0.25) is 11.8 Å². The van der Waals surface area contributed by atoms with Gasteiger partial charge in [-0.2, -0.15) is 0 Å². The lowest BCUT2D eigenvalue weighted by atomic mass is 9.81. The van der Waals surface area contributed by atoms with E-state index in [0.29, 0.717) is 34.6 Å². The summed E-state index contributed by atoms with van der Waals surface area (Å²) in [6.45, 7) is -0.110. The summed E-state index contributed by atoms with van der Waals surface area (Å²) in [5.41, 5.74) is 1.09. The van der Waals surface area contributed by atoms with Crippen LogP contribution in [-0.4, -0.2) is 31.3 Å². The molecule has 0 spiro atoms. The van der Waals surface area contributed by atoms with E-state index in [1.807, 2.05) is 0 Å². The molecule has 2 bridgehead atoms. The Bertz CT molecular complexity index is 987. The SMILES string of the molecule is COc1cccc(C(=O)COc2ccc(N3C(=O)[C@@H]4[C@@H]5CC[C@H](C5)[C@@H]4C3=O)cc2)c1. The molecule has 4 atom stereocenters. The maximum atomic E-state index is 12.9. The molecular formula is C24H23NO5. The Balaban J connectivity index is 1.25. The van der Waals surface area contributed by atoms with Crippen molar-refractivity contribution in [3.05, 3.63) is 54.1 Å². The third-order valence-electron chi connectivity index (χ3n) is 6.78. The minimum absolute atomic E-state index is 0.0564. The third-order valence-corrected chi connectivity index (χ3v) is 6.78. The van der Waals surface area contributed by atoms with E-state index >= 15 is 0 Å². The van der Waals surface area contributed by atoms with Gasteiger partial charge >= 0.3 is 0 Å². The minimum atomic E-state index is -0.161. The number of Topliss-reactive ketones (excluding diaryl/α,β-unsaturated/α-hetero) is 1. The minimum Gasteiger partial charge on any atom is -0.497 e. The van der Waals surface area contributed by atoms with Crippen molar-refractivity contribution in [2.75, 3.05) is 18.6 Å². The van der Waals surface area contributed by atoms with Crippen LogP contribution in [0.2, 0.25) is 0 Å². The molecule has 0 N–H and O–H groups in total. The molecule has 3 aliphatic rings. The number of hydrogen-bond acceptors (Lipinski definition) is 5. The number of methoxy groups -OCH3 is 1. The van der Waals surface area contributed by atoms with Gasteiger partial charge in [-0.05, 0) is 67.5 Å². The monoisotopic (exact) mass is 405 g/mol. The van der Waals surface area contributed by atoms with E-state index in [9.17, 15) is 14.4 Å². The second-order valence-corrected chi connectivity index (χ2v) is 8.33. The van der Waals surface area contributed by atoms with Gasteiger partial charge in [0.25, 0.3) is 0 Å². The first-order valence-electron chi connectivity index (χ1n) is 10.3. The van der Waals surface area contributed by atoms with E-state index in [1.54, 1.807) is 55.6 Å². The number of imide groups is 1. The molecule has 2 aromatic carbocycles. The highest BCUT2D eigenvalue weighted by Gasteiger charge is 2.61. The normalized spacial score (nSPS) is 26.8. The van der Waals surface area contributed by atoms with Crippen molar-refractivity contribution in [1.82, 2.24) is 0 Å². The van der Waals surface area contributed by atoms with Gasteiger partial charge in [-0.3, -0.25) is 19.3 Å². The lowest BCUT2D eigenvalue weighted by molar-refractivity contribution is -0.123. The van der Waals surface area contributed by atoms with Crippen LogP contribution in [0.15, 0.2) is 48.5 Å². The van der Waals surface area contributed by atoms with E-state index < -0.39 is 0 Å². The number of amides is 2. The Hall–Kier alpha value is -3.15. The standard InChI is InChI=1S/C24H23NO5/c1-29-19-4-2-3-14(12-19)20(26)13-30-18-9-7-17(8-10-18)25-23(27)21-15-5-6-16(11-15)22(21)24(25)28/h2-4,7-10,12,15-16,21-22H,5-6,11,13H2,1H3/t15-,16-,21-,22+/m1/s1. The van der Waals surface area contributed by atoms with Gasteiger partial charge in [0.15, 0.2) is 12.4 Å². The Labute approximate surface area is 174 Å². The molecule has 2 saturated carbocycles. The molecule has 5 rings (SSSR count). The molecule has 0 aromatic heterocycles. The molecule has 0 unspecified atom stereocenters. The summed E-state index contributed by atoms with van der Waals surface area (Å²) in [5.74, 6) is 1.32. The van der Waals surface area contributed by atoms with Crippen LogP contribution in [0.5, 0.6) is 11.5 Å². The predicted molar refractivity (Wildman–Crippen MR) is 110 cm³/mol. The van der Waals surface area contributed by atoms with E-state index in [1.165, 1.54) is 4.90 Å². The van der Waals surface area contributed by atoms with Gasteiger partial charge in [-0.15, -0.1) is 0 Å². The van der Waals surface area contributed by atoms with Crippen molar-refractivity contribution in [3.8, 4) is 11.5 Å². The summed E-state index contributed by atoms with van der Waals surface area (Å²) in [5, 5.41) is 0. The first-order chi connectivity index (χ1) is 14.6. The molecule has 0 radical (unpaired) electrons. The highest BCUT2D eigenvalue weighted by atomic mass is 16.5. The van der Waals surface area contributed by atoms with Crippen LogP contribution < -0.4 is 14.4 Å². The van der Waals surface area contributed by atoms with Gasteiger partial charge in [-0.1, -0.05) is 12.1 Å². The van der Waals surface area contributed by atoms with Crippen molar-refractivity contribution in [2.45, 2.75) is 19.3 Å². The van der Waals surface area contributed by atoms with Crippen LogP contribution in [0.4, 0.5) is 5.69 Å². The van der Waals surface area contributed by atoms with Crippen molar-refractivity contribution in [2.24, 2.45) is 23.7 Å². The number of nitrogens with zero attached hydrogens (tertiary/aromatic N) is 1. The maximum absolute atomic E-state index is 12.9. The summed E-state index contributed by atoms with van der Waals surface area (Å²) in [6.07, 6.45) is 3.15. The maximum Gasteiger partial charge on any atom is 0.237 e. The zero-order valence-corrected chi connectivity index (χ0v) is 16.7. The number of rotatable bonds is 6. The van der Waals surface area contributed by atoms with Crippen LogP contribution in [0.3, 0.4) is 0 Å². The van der Waals surface area contributed by atoms with Crippen LogP contribution in [0, 0.1) is 23.7 Å². The summed E-state index contributed by atoms with van der Waals surface area (Å²) in [6, 6.07) is 13.7. The molecule has 6 heteroatoms. The van der Waals surface area contributed by atoms with E-state index in [2.05, 4.69) is 0 Å². The molecule has 2 aliphatic carbocycles. The zero-order chi connectivity index (χ0) is 20.8. The molecule has 2 aromatic rings. The van der Waals surface area contributed by atoms with Crippen molar-refractivity contribution >= 4 is 23.3 Å². The van der Waals surface area contributed by atoms with Gasteiger partial charge < -0.3 is 9.47 Å². The average molecular weight is 405 g/mol. The Morgan fingerprint density at radius 1 is 0.967 bits per heavy atom. The molecular weight excluding hydrogens is 382 g/mol. The third kappa shape index (κ3) is 2.98. The topological polar surface area (TPSA) is 72.9 Å². The number of ether oxygens (including phenoxy) is 2. The summed E-state index contributed by atoms with van der Waals surface area (Å²) < 4.78 is 10.7. The molecule has 1 aliphatic heterocycles.